The summed E-state index contributed by atoms with van der Waals surface area (Å²) in [5.41, 5.74) is 0. The van der Waals surface area contributed by atoms with E-state index in [1.54, 1.807) is 6.92 Å². The molecule has 0 unspecified atom stereocenters. The van der Waals surface area contributed by atoms with Crippen LogP contribution >= 0.6 is 0 Å². The first-order chi connectivity index (χ1) is 9.99. The van der Waals surface area contributed by atoms with Gasteiger partial charge in [-0.3, -0.25) is 15.0 Å². The van der Waals surface area contributed by atoms with Gasteiger partial charge in [-0.15, -0.1) is 0 Å². The van der Waals surface area contributed by atoms with E-state index >= 15 is 0 Å². The lowest BCUT2D eigenvalue weighted by Gasteiger charge is -2.14. The lowest BCUT2D eigenvalue weighted by atomic mass is 10.3. The molecule has 6 nitrogen and oxygen atoms in total. The molecule has 0 aliphatic heterocycles. The zero-order valence-corrected chi connectivity index (χ0v) is 12.8. The average molecular weight is 293 g/mol. The van der Waals surface area contributed by atoms with Gasteiger partial charge in [0.05, 0.1) is 13.1 Å². The number of urea groups is 1. The van der Waals surface area contributed by atoms with Crippen LogP contribution in [0.3, 0.4) is 0 Å². The molecule has 0 aromatic carbocycles. The molecule has 3 amide bonds. The summed E-state index contributed by atoms with van der Waals surface area (Å²) in [4.78, 5) is 24.7. The fourth-order valence-corrected chi connectivity index (χ4v) is 2.34. The maximum atomic E-state index is 11.7. The molecule has 21 heavy (non-hydrogen) atoms. The van der Waals surface area contributed by atoms with Gasteiger partial charge in [-0.25, -0.2) is 4.79 Å². The van der Waals surface area contributed by atoms with E-state index in [2.05, 4.69) is 17.6 Å². The van der Waals surface area contributed by atoms with Gasteiger partial charge in [0, 0.05) is 12.5 Å². The monoisotopic (exact) mass is 293 g/mol. The van der Waals surface area contributed by atoms with Gasteiger partial charge in [0.1, 0.15) is 11.5 Å². The van der Waals surface area contributed by atoms with Crippen LogP contribution in [0.15, 0.2) is 16.5 Å². The molecule has 1 heterocycles. The highest BCUT2D eigenvalue weighted by Crippen LogP contribution is 2.47. The van der Waals surface area contributed by atoms with Gasteiger partial charge >= 0.3 is 6.03 Å². The highest BCUT2D eigenvalue weighted by Gasteiger charge is 2.36. The van der Waals surface area contributed by atoms with Gasteiger partial charge < -0.3 is 9.73 Å². The number of hydrogen-bond donors (Lipinski definition) is 2. The summed E-state index contributed by atoms with van der Waals surface area (Å²) in [5, 5.41) is 4.79. The average Bonchev–Trinajstić information content (AvgIpc) is 2.94. The van der Waals surface area contributed by atoms with E-state index in [0.29, 0.717) is 24.9 Å². The molecular formula is C15H23N3O3. The van der Waals surface area contributed by atoms with Crippen molar-refractivity contribution >= 4 is 11.9 Å². The SMILES string of the molecule is CCNC(=O)NC(=O)CN(C)Cc1ccc([C@@H]2C[C@H]2C)o1. The number of nitrogens with one attached hydrogen (secondary N) is 2. The van der Waals surface area contributed by atoms with E-state index in [1.807, 2.05) is 24.1 Å². The predicted octanol–water partition coefficient (Wildman–Crippen LogP) is 1.68. The van der Waals surface area contributed by atoms with E-state index in [1.165, 1.54) is 6.42 Å². The molecule has 1 aliphatic carbocycles. The Morgan fingerprint density at radius 1 is 1.43 bits per heavy atom. The van der Waals surface area contributed by atoms with E-state index < -0.39 is 6.03 Å². The number of carbonyl (C=O) groups excluding carboxylic acids is 2. The molecule has 2 N–H and O–H groups in total. The molecule has 1 aliphatic rings. The Labute approximate surface area is 124 Å². The second-order valence-corrected chi connectivity index (χ2v) is 5.70. The van der Waals surface area contributed by atoms with Crippen molar-refractivity contribution in [3.63, 3.8) is 0 Å². The largest absolute Gasteiger partial charge is 0.464 e. The molecule has 6 heteroatoms. The van der Waals surface area contributed by atoms with Gasteiger partial charge in [-0.2, -0.15) is 0 Å². The van der Waals surface area contributed by atoms with Crippen LogP contribution in [0.1, 0.15) is 37.7 Å². The summed E-state index contributed by atoms with van der Waals surface area (Å²) in [5.74, 6) is 2.83. The third-order valence-corrected chi connectivity index (χ3v) is 3.59. The number of carbonyl (C=O) groups is 2. The van der Waals surface area contributed by atoms with E-state index in [-0.39, 0.29) is 12.5 Å². The predicted molar refractivity (Wildman–Crippen MR) is 78.8 cm³/mol. The van der Waals surface area contributed by atoms with Crippen molar-refractivity contribution in [3.05, 3.63) is 23.7 Å². The Kier molecular flexibility index (Phi) is 5.01. The lowest BCUT2D eigenvalue weighted by Crippen LogP contribution is -2.43. The van der Waals surface area contributed by atoms with Crippen LogP contribution in [0, 0.1) is 5.92 Å². The van der Waals surface area contributed by atoms with E-state index in [0.717, 1.165) is 11.5 Å². The van der Waals surface area contributed by atoms with Crippen LogP contribution in [0.4, 0.5) is 4.79 Å². The maximum Gasteiger partial charge on any atom is 0.321 e. The van der Waals surface area contributed by atoms with Gasteiger partial charge in [0.25, 0.3) is 0 Å². The van der Waals surface area contributed by atoms with Crippen molar-refractivity contribution in [1.82, 2.24) is 15.5 Å². The van der Waals surface area contributed by atoms with Crippen LogP contribution in [0.2, 0.25) is 0 Å². The zero-order valence-electron chi connectivity index (χ0n) is 12.8. The number of nitrogens with zero attached hydrogens (tertiary/aromatic N) is 1. The molecule has 1 aromatic rings. The molecule has 2 atom stereocenters. The van der Waals surface area contributed by atoms with E-state index in [9.17, 15) is 9.59 Å². The summed E-state index contributed by atoms with van der Waals surface area (Å²) in [7, 11) is 1.82. The number of furan rings is 1. The third-order valence-electron chi connectivity index (χ3n) is 3.59. The fourth-order valence-electron chi connectivity index (χ4n) is 2.34. The van der Waals surface area contributed by atoms with Gasteiger partial charge in [0.15, 0.2) is 0 Å². The summed E-state index contributed by atoms with van der Waals surface area (Å²) in [6, 6.07) is 3.52. The second kappa shape index (κ2) is 6.76. The zero-order chi connectivity index (χ0) is 15.4. The fraction of sp³-hybridized carbons (Fsp3) is 0.600. The first-order valence-electron chi connectivity index (χ1n) is 7.34. The van der Waals surface area contributed by atoms with Gasteiger partial charge in [0.2, 0.25) is 5.91 Å². The molecule has 0 radical (unpaired) electrons. The molecule has 0 saturated heterocycles. The Balaban J connectivity index is 1.76. The minimum Gasteiger partial charge on any atom is -0.464 e. The van der Waals surface area contributed by atoms with Crippen molar-refractivity contribution in [3.8, 4) is 0 Å². The third kappa shape index (κ3) is 4.60. The molecule has 1 aromatic heterocycles. The standard InChI is InChI=1S/C15H23N3O3/c1-4-16-15(20)17-14(19)9-18(3)8-11-5-6-13(21-11)12-7-10(12)2/h5-6,10,12H,4,7-9H2,1-3H3,(H2,16,17,19,20)/t10-,12-/m1/s1. The summed E-state index contributed by atoms with van der Waals surface area (Å²) >= 11 is 0. The maximum absolute atomic E-state index is 11.7. The van der Waals surface area contributed by atoms with Crippen LogP contribution < -0.4 is 10.6 Å². The molecule has 0 bridgehead atoms. The first kappa shape index (κ1) is 15.6. The van der Waals surface area contributed by atoms with Crippen molar-refractivity contribution in [2.75, 3.05) is 20.1 Å². The Bertz CT molecular complexity index is 512. The van der Waals surface area contributed by atoms with Crippen LogP contribution in [-0.4, -0.2) is 37.0 Å². The van der Waals surface area contributed by atoms with Crippen LogP contribution in [0.5, 0.6) is 0 Å². The van der Waals surface area contributed by atoms with Gasteiger partial charge in [-0.1, -0.05) is 6.92 Å². The Morgan fingerprint density at radius 3 is 2.76 bits per heavy atom. The van der Waals surface area contributed by atoms with Crippen molar-refractivity contribution < 1.29 is 14.0 Å². The lowest BCUT2D eigenvalue weighted by molar-refractivity contribution is -0.121. The summed E-state index contributed by atoms with van der Waals surface area (Å²) in [6.07, 6.45) is 1.19. The van der Waals surface area contributed by atoms with Crippen LogP contribution in [0.25, 0.3) is 0 Å². The Morgan fingerprint density at radius 2 is 2.14 bits per heavy atom. The smallest absolute Gasteiger partial charge is 0.321 e. The highest BCUT2D eigenvalue weighted by molar-refractivity contribution is 5.95. The number of imide groups is 1. The summed E-state index contributed by atoms with van der Waals surface area (Å²) in [6.45, 7) is 5.19. The molecule has 2 rings (SSSR count). The normalized spacial score (nSPS) is 20.4. The number of rotatable bonds is 6. The van der Waals surface area contributed by atoms with Gasteiger partial charge in [-0.05, 0) is 38.4 Å². The first-order valence-corrected chi connectivity index (χ1v) is 7.34. The minimum atomic E-state index is -0.459. The molecular weight excluding hydrogens is 270 g/mol. The second-order valence-electron chi connectivity index (χ2n) is 5.70. The highest BCUT2D eigenvalue weighted by atomic mass is 16.3. The molecule has 1 saturated carbocycles. The van der Waals surface area contributed by atoms with Crippen molar-refractivity contribution in [2.45, 2.75) is 32.7 Å². The van der Waals surface area contributed by atoms with E-state index in [4.69, 9.17) is 4.42 Å². The molecule has 1 fully saturated rings. The Hall–Kier alpha value is -1.82. The number of hydrogen-bond acceptors (Lipinski definition) is 4. The minimum absolute atomic E-state index is 0.146. The van der Waals surface area contributed by atoms with Crippen LogP contribution in [-0.2, 0) is 11.3 Å². The molecule has 0 spiro atoms. The number of amides is 3. The van der Waals surface area contributed by atoms with Crippen molar-refractivity contribution in [2.24, 2.45) is 5.92 Å². The van der Waals surface area contributed by atoms with Crippen molar-refractivity contribution in [1.29, 1.82) is 0 Å². The number of likely N-dealkylation sites (N-methyl/N-ethyl adjacent to an activating group) is 1. The molecule has 116 valence electrons. The summed E-state index contributed by atoms with van der Waals surface area (Å²) < 4.78 is 5.80. The quantitative estimate of drug-likeness (QED) is 0.837. The topological polar surface area (TPSA) is 74.6 Å².